The second-order valence-electron chi connectivity index (χ2n) is 10.9. The van der Waals surface area contributed by atoms with Crippen LogP contribution in [0.15, 0.2) is 66.2 Å². The molecule has 2 aromatic carbocycles. The molecule has 0 aliphatic carbocycles. The van der Waals surface area contributed by atoms with E-state index in [0.717, 1.165) is 16.5 Å². The highest BCUT2D eigenvalue weighted by Gasteiger charge is 2.39. The zero-order chi connectivity index (χ0) is 30.4. The number of fused-ring (bicyclic) bond motifs is 1. The number of nitrogens with zero attached hydrogens (tertiary/aromatic N) is 2. The number of ether oxygens (including phenoxy) is 3. The van der Waals surface area contributed by atoms with Crippen LogP contribution in [-0.4, -0.2) is 58.6 Å². The minimum atomic E-state index is -0.712. The molecule has 2 heterocycles. The summed E-state index contributed by atoms with van der Waals surface area (Å²) in [7, 11) is 0. The largest absolute Gasteiger partial charge is 0.466 e. The van der Waals surface area contributed by atoms with Gasteiger partial charge < -0.3 is 14.2 Å². The van der Waals surface area contributed by atoms with Crippen LogP contribution < -0.4 is 0 Å². The van der Waals surface area contributed by atoms with Crippen molar-refractivity contribution in [2.24, 2.45) is 0 Å². The van der Waals surface area contributed by atoms with Gasteiger partial charge in [0.15, 0.2) is 0 Å². The van der Waals surface area contributed by atoms with Gasteiger partial charge in [0.05, 0.1) is 27.4 Å². The third kappa shape index (κ3) is 7.46. The molecule has 0 saturated heterocycles. The van der Waals surface area contributed by atoms with E-state index in [9.17, 15) is 19.2 Å². The van der Waals surface area contributed by atoms with Crippen molar-refractivity contribution >= 4 is 57.3 Å². The molecule has 0 fully saturated rings. The molecule has 0 amide bonds. The van der Waals surface area contributed by atoms with Crippen LogP contribution in [0.25, 0.3) is 10.9 Å². The molecule has 10 heteroatoms. The smallest absolute Gasteiger partial charge is 0.419 e. The van der Waals surface area contributed by atoms with Crippen molar-refractivity contribution in [3.05, 3.63) is 81.1 Å². The average Bonchev–Trinajstić information content (AvgIpc) is 3.47. The van der Waals surface area contributed by atoms with Crippen molar-refractivity contribution in [1.29, 1.82) is 0 Å². The Kier molecular flexibility index (Phi) is 10.2. The molecular weight excluding hydrogens is 651 g/mol. The minimum Gasteiger partial charge on any atom is -0.466 e. The summed E-state index contributed by atoms with van der Waals surface area (Å²) in [6, 6.07) is 16.3. The number of hydrogen-bond acceptors (Lipinski definition) is 8. The Morgan fingerprint density at radius 2 is 1.67 bits per heavy atom. The van der Waals surface area contributed by atoms with Crippen LogP contribution in [0.4, 0.5) is 4.79 Å². The fraction of sp³-hybridized carbons (Fsp3) is 0.375. The Balaban J connectivity index is 1.70. The summed E-state index contributed by atoms with van der Waals surface area (Å²) in [6.07, 6.45) is 1.07. The molecule has 222 valence electrons. The van der Waals surface area contributed by atoms with E-state index < -0.39 is 29.7 Å². The molecule has 0 N–H and O–H groups in total. The number of benzene rings is 2. The summed E-state index contributed by atoms with van der Waals surface area (Å²) in [5, 5.41) is 0.782. The molecule has 1 atom stereocenters. The second kappa shape index (κ2) is 13.6. The van der Waals surface area contributed by atoms with Gasteiger partial charge in [0.1, 0.15) is 24.4 Å². The fourth-order valence-electron chi connectivity index (χ4n) is 4.90. The van der Waals surface area contributed by atoms with Gasteiger partial charge in [-0.05, 0) is 61.9 Å². The zero-order valence-electron chi connectivity index (χ0n) is 24.2. The normalized spacial score (nSPS) is 15.4. The van der Waals surface area contributed by atoms with Crippen LogP contribution in [0.3, 0.4) is 0 Å². The van der Waals surface area contributed by atoms with E-state index in [1.54, 1.807) is 27.7 Å². The Morgan fingerprint density at radius 3 is 2.36 bits per heavy atom. The number of halogens is 1. The number of carbonyl (C=O) groups is 4. The van der Waals surface area contributed by atoms with E-state index in [0.29, 0.717) is 21.3 Å². The summed E-state index contributed by atoms with van der Waals surface area (Å²) >= 11 is 2.12. The van der Waals surface area contributed by atoms with Crippen molar-refractivity contribution in [3.63, 3.8) is 0 Å². The summed E-state index contributed by atoms with van der Waals surface area (Å²) < 4.78 is 18.5. The SMILES string of the molecule is CCOC(=O)CC(=O)CCN1CC=C(C(=O)OCc2ccccc2)C1c1c(I)n(C(=O)OC(C)(C)C)c2ccccc12. The summed E-state index contributed by atoms with van der Waals surface area (Å²) in [5.41, 5.74) is 1.97. The molecule has 1 aliphatic heterocycles. The lowest BCUT2D eigenvalue weighted by molar-refractivity contribution is -0.145. The van der Waals surface area contributed by atoms with Crippen molar-refractivity contribution in [1.82, 2.24) is 9.47 Å². The molecule has 0 radical (unpaired) electrons. The lowest BCUT2D eigenvalue weighted by atomic mass is 9.98. The van der Waals surface area contributed by atoms with E-state index in [2.05, 4.69) is 22.6 Å². The predicted molar refractivity (Wildman–Crippen MR) is 166 cm³/mol. The topological polar surface area (TPSA) is 104 Å². The zero-order valence-corrected chi connectivity index (χ0v) is 26.4. The number of rotatable bonds is 10. The maximum atomic E-state index is 13.5. The van der Waals surface area contributed by atoms with Crippen molar-refractivity contribution in [2.75, 3.05) is 19.7 Å². The standard InChI is InChI=1S/C32H35IN2O7/c1-5-40-26(37)19-22(36)15-17-34-18-16-24(30(38)41-20-21-11-7-6-8-12-21)28(34)27-23-13-9-10-14-25(23)35(29(27)33)31(39)42-32(2,3)4/h6-14,16,28H,5,15,17-20H2,1-4H3. The third-order valence-corrected chi connectivity index (χ3v) is 7.75. The Labute approximate surface area is 258 Å². The molecule has 1 aromatic heterocycles. The molecule has 4 rings (SSSR count). The molecular formula is C32H35IN2O7. The lowest BCUT2D eigenvalue weighted by Gasteiger charge is -2.27. The number of esters is 2. The Morgan fingerprint density at radius 1 is 0.976 bits per heavy atom. The molecule has 9 nitrogen and oxygen atoms in total. The number of ketones is 1. The van der Waals surface area contributed by atoms with Crippen LogP contribution >= 0.6 is 22.6 Å². The monoisotopic (exact) mass is 686 g/mol. The average molecular weight is 687 g/mol. The maximum Gasteiger partial charge on any atom is 0.419 e. The van der Waals surface area contributed by atoms with E-state index in [4.69, 9.17) is 14.2 Å². The number of Topliss-reactive ketones (excluding diaryl/α,β-unsaturated/α-hetero) is 1. The van der Waals surface area contributed by atoms with Crippen LogP contribution in [0, 0.1) is 3.70 Å². The molecule has 0 spiro atoms. The van der Waals surface area contributed by atoms with Crippen LogP contribution in [-0.2, 0) is 35.2 Å². The van der Waals surface area contributed by atoms with Gasteiger partial charge in [0.2, 0.25) is 0 Å². The van der Waals surface area contributed by atoms with Gasteiger partial charge in [-0.2, -0.15) is 0 Å². The first-order valence-electron chi connectivity index (χ1n) is 13.8. The molecule has 42 heavy (non-hydrogen) atoms. The van der Waals surface area contributed by atoms with Gasteiger partial charge in [0, 0.05) is 30.5 Å². The second-order valence-corrected chi connectivity index (χ2v) is 11.9. The highest BCUT2D eigenvalue weighted by atomic mass is 127. The number of hydrogen-bond donors (Lipinski definition) is 0. The Bertz CT molecular complexity index is 1500. The van der Waals surface area contributed by atoms with Crippen LogP contribution in [0.2, 0.25) is 0 Å². The van der Waals surface area contributed by atoms with Gasteiger partial charge in [-0.3, -0.25) is 14.5 Å². The summed E-state index contributed by atoms with van der Waals surface area (Å²) in [5.74, 6) is -1.29. The highest BCUT2D eigenvalue weighted by molar-refractivity contribution is 14.1. The maximum absolute atomic E-state index is 13.5. The van der Waals surface area contributed by atoms with E-state index in [1.807, 2.05) is 65.6 Å². The fourth-order valence-corrected chi connectivity index (χ4v) is 5.94. The van der Waals surface area contributed by atoms with E-state index in [-0.39, 0.29) is 38.4 Å². The van der Waals surface area contributed by atoms with Gasteiger partial charge in [-0.1, -0.05) is 54.6 Å². The molecule has 0 bridgehead atoms. The molecule has 1 aliphatic rings. The lowest BCUT2D eigenvalue weighted by Crippen LogP contribution is -2.31. The summed E-state index contributed by atoms with van der Waals surface area (Å²) in [6.45, 7) is 8.10. The number of carbonyl (C=O) groups excluding carboxylic acids is 4. The molecule has 0 saturated carbocycles. The molecule has 3 aromatic rings. The van der Waals surface area contributed by atoms with Crippen LogP contribution in [0.1, 0.15) is 57.7 Å². The third-order valence-electron chi connectivity index (χ3n) is 6.68. The van der Waals surface area contributed by atoms with Gasteiger partial charge in [0.25, 0.3) is 0 Å². The van der Waals surface area contributed by atoms with Gasteiger partial charge in [-0.15, -0.1) is 0 Å². The molecule has 1 unspecified atom stereocenters. The van der Waals surface area contributed by atoms with Gasteiger partial charge in [-0.25, -0.2) is 14.2 Å². The predicted octanol–water partition coefficient (Wildman–Crippen LogP) is 5.97. The van der Waals surface area contributed by atoms with Crippen molar-refractivity contribution < 1.29 is 33.4 Å². The van der Waals surface area contributed by atoms with Gasteiger partial charge >= 0.3 is 18.0 Å². The number of para-hydroxylation sites is 1. The summed E-state index contributed by atoms with van der Waals surface area (Å²) in [4.78, 5) is 53.4. The first-order valence-corrected chi connectivity index (χ1v) is 14.9. The first-order chi connectivity index (χ1) is 20.0. The van der Waals surface area contributed by atoms with Crippen molar-refractivity contribution in [3.8, 4) is 0 Å². The Hall–Kier alpha value is -3.51. The van der Waals surface area contributed by atoms with Crippen LogP contribution in [0.5, 0.6) is 0 Å². The highest BCUT2D eigenvalue weighted by Crippen LogP contribution is 2.42. The van der Waals surface area contributed by atoms with Crippen molar-refractivity contribution in [2.45, 2.75) is 58.8 Å². The first kappa shape index (κ1) is 31.4. The quantitative estimate of drug-likeness (QED) is 0.111. The van der Waals surface area contributed by atoms with E-state index >= 15 is 0 Å². The minimum absolute atomic E-state index is 0.0940. The van der Waals surface area contributed by atoms with E-state index in [1.165, 1.54) is 4.57 Å². The number of aromatic nitrogens is 1.